The van der Waals surface area contributed by atoms with Crippen LogP contribution in [-0.2, 0) is 4.79 Å². The molecule has 0 rings (SSSR count). The highest BCUT2D eigenvalue weighted by molar-refractivity contribution is 5.65. The molecule has 0 spiro atoms. The summed E-state index contributed by atoms with van der Waals surface area (Å²) in [5.41, 5.74) is 0. The van der Waals surface area contributed by atoms with Crippen LogP contribution in [-0.4, -0.2) is 6.29 Å². The Morgan fingerprint density at radius 1 is 0.632 bits per heavy atom. The molecule has 0 aromatic carbocycles. The van der Waals surface area contributed by atoms with Gasteiger partial charge in [0.05, 0.1) is 0 Å². The van der Waals surface area contributed by atoms with Crippen LogP contribution in [0.5, 0.6) is 0 Å². The largest absolute Gasteiger partial charge is 0.299 e. The number of hydrogen-bond donors (Lipinski definition) is 0. The van der Waals surface area contributed by atoms with Crippen LogP contribution in [0.15, 0.2) is 48.6 Å². The normalized spacial score (nSPS) is 12.5. The zero-order valence-corrected chi connectivity index (χ0v) is 12.3. The van der Waals surface area contributed by atoms with E-state index in [1.807, 2.05) is 24.3 Å². The summed E-state index contributed by atoms with van der Waals surface area (Å²) in [6.07, 6.45) is 26.8. The zero-order valence-electron chi connectivity index (χ0n) is 12.3. The van der Waals surface area contributed by atoms with Gasteiger partial charge in [0.25, 0.3) is 0 Å². The highest BCUT2D eigenvalue weighted by Crippen LogP contribution is 2.08. The molecule has 0 aromatic rings. The number of rotatable bonds is 12. The molecule has 1 heteroatoms. The van der Waals surface area contributed by atoms with Gasteiger partial charge in [-0.2, -0.15) is 0 Å². The molecule has 19 heavy (non-hydrogen) atoms. The van der Waals surface area contributed by atoms with Crippen LogP contribution in [0.25, 0.3) is 0 Å². The van der Waals surface area contributed by atoms with Gasteiger partial charge >= 0.3 is 0 Å². The van der Waals surface area contributed by atoms with E-state index in [1.165, 1.54) is 57.4 Å². The molecule has 0 N–H and O–H groups in total. The van der Waals surface area contributed by atoms with Crippen molar-refractivity contribution in [3.05, 3.63) is 48.6 Å². The third-order valence-corrected chi connectivity index (χ3v) is 2.86. The quantitative estimate of drug-likeness (QED) is 0.194. The monoisotopic (exact) mass is 260 g/mol. The van der Waals surface area contributed by atoms with Crippen molar-refractivity contribution in [3.63, 3.8) is 0 Å². The Morgan fingerprint density at radius 3 is 1.79 bits per heavy atom. The molecule has 0 aliphatic rings. The van der Waals surface area contributed by atoms with Crippen LogP contribution in [0.4, 0.5) is 0 Å². The zero-order chi connectivity index (χ0) is 14.0. The molecular weight excluding hydrogens is 232 g/mol. The van der Waals surface area contributed by atoms with Crippen molar-refractivity contribution in [3.8, 4) is 0 Å². The van der Waals surface area contributed by atoms with Crippen LogP contribution in [0.2, 0.25) is 0 Å². The summed E-state index contributed by atoms with van der Waals surface area (Å²) in [5, 5.41) is 0. The van der Waals surface area contributed by atoms with Crippen molar-refractivity contribution in [2.75, 3.05) is 0 Å². The van der Waals surface area contributed by atoms with E-state index in [4.69, 9.17) is 0 Å². The number of aldehydes is 1. The summed E-state index contributed by atoms with van der Waals surface area (Å²) in [6, 6.07) is 0. The maximum absolute atomic E-state index is 9.99. The standard InChI is InChI=1S/C18H28O/c1-2-3-4-5-6-7-8-9-10-11-12-13-14-15-16-17-18-19/h10-18H,2-9H2,1H3/b11-10+,13-12+,15-14+,17-16+. The molecule has 0 aliphatic carbocycles. The minimum atomic E-state index is 0.774. The Kier molecular flexibility index (Phi) is 15.4. The summed E-state index contributed by atoms with van der Waals surface area (Å²) in [4.78, 5) is 9.99. The lowest BCUT2D eigenvalue weighted by molar-refractivity contribution is -0.104. The minimum Gasteiger partial charge on any atom is -0.299 e. The Hall–Kier alpha value is -1.37. The van der Waals surface area contributed by atoms with Gasteiger partial charge in [0, 0.05) is 0 Å². The Labute approximate surface area is 118 Å². The second-order valence-corrected chi connectivity index (χ2v) is 4.63. The van der Waals surface area contributed by atoms with Crippen molar-refractivity contribution >= 4 is 6.29 Å². The van der Waals surface area contributed by atoms with Crippen LogP contribution in [0.3, 0.4) is 0 Å². The number of unbranched alkanes of at least 4 members (excludes halogenated alkanes) is 7. The lowest BCUT2D eigenvalue weighted by atomic mass is 10.1. The summed E-state index contributed by atoms with van der Waals surface area (Å²) < 4.78 is 0. The van der Waals surface area contributed by atoms with Crippen molar-refractivity contribution in [2.45, 2.75) is 58.3 Å². The van der Waals surface area contributed by atoms with Crippen molar-refractivity contribution < 1.29 is 4.79 Å². The van der Waals surface area contributed by atoms with Crippen molar-refractivity contribution in [2.24, 2.45) is 0 Å². The van der Waals surface area contributed by atoms with Gasteiger partial charge in [-0.15, -0.1) is 0 Å². The summed E-state index contributed by atoms with van der Waals surface area (Å²) in [6.45, 7) is 2.26. The molecule has 0 atom stereocenters. The number of carbonyl (C=O) groups excluding carboxylic acids is 1. The maximum Gasteiger partial charge on any atom is 0.142 e. The van der Waals surface area contributed by atoms with Crippen LogP contribution >= 0.6 is 0 Å². The molecule has 0 saturated carbocycles. The second-order valence-electron chi connectivity index (χ2n) is 4.63. The molecule has 106 valence electrons. The van der Waals surface area contributed by atoms with Crippen molar-refractivity contribution in [1.29, 1.82) is 0 Å². The fraction of sp³-hybridized carbons (Fsp3) is 0.500. The molecule has 0 saturated heterocycles. The first-order valence-corrected chi connectivity index (χ1v) is 7.52. The highest BCUT2D eigenvalue weighted by atomic mass is 16.1. The van der Waals surface area contributed by atoms with Crippen LogP contribution in [0, 0.1) is 0 Å². The Balaban J connectivity index is 3.34. The first-order valence-electron chi connectivity index (χ1n) is 7.52. The minimum absolute atomic E-state index is 0.774. The average Bonchev–Trinajstić information content (AvgIpc) is 2.43. The molecular formula is C18H28O. The number of carbonyl (C=O) groups is 1. The number of allylic oxidation sites excluding steroid dienone is 8. The molecule has 0 aliphatic heterocycles. The Bertz CT molecular complexity index is 295. The van der Waals surface area contributed by atoms with E-state index in [2.05, 4.69) is 19.1 Å². The predicted molar refractivity (Wildman–Crippen MR) is 85.2 cm³/mol. The molecule has 0 unspecified atom stereocenters. The summed E-state index contributed by atoms with van der Waals surface area (Å²) >= 11 is 0. The Morgan fingerprint density at radius 2 is 1.16 bits per heavy atom. The fourth-order valence-electron chi connectivity index (χ4n) is 1.76. The van der Waals surface area contributed by atoms with E-state index < -0.39 is 0 Å². The SMILES string of the molecule is CCCCCCCCC/C=C/C=C/C=C/C=C/C=O. The van der Waals surface area contributed by atoms with E-state index in [9.17, 15) is 4.79 Å². The third-order valence-electron chi connectivity index (χ3n) is 2.86. The third kappa shape index (κ3) is 16.6. The molecule has 0 aromatic heterocycles. The first-order chi connectivity index (χ1) is 9.41. The van der Waals surface area contributed by atoms with E-state index in [1.54, 1.807) is 6.08 Å². The molecule has 0 heterocycles. The van der Waals surface area contributed by atoms with Gasteiger partial charge in [-0.05, 0) is 18.9 Å². The lowest BCUT2D eigenvalue weighted by Crippen LogP contribution is -1.78. The molecule has 1 nitrogen and oxygen atoms in total. The van der Waals surface area contributed by atoms with E-state index >= 15 is 0 Å². The summed E-state index contributed by atoms with van der Waals surface area (Å²) in [5.74, 6) is 0. The van der Waals surface area contributed by atoms with Gasteiger partial charge in [-0.25, -0.2) is 0 Å². The van der Waals surface area contributed by atoms with Crippen molar-refractivity contribution in [1.82, 2.24) is 0 Å². The topological polar surface area (TPSA) is 17.1 Å². The van der Waals surface area contributed by atoms with Gasteiger partial charge < -0.3 is 0 Å². The van der Waals surface area contributed by atoms with Gasteiger partial charge in [-0.1, -0.05) is 88.0 Å². The van der Waals surface area contributed by atoms with Gasteiger partial charge in [0.2, 0.25) is 0 Å². The highest BCUT2D eigenvalue weighted by Gasteiger charge is 1.88. The van der Waals surface area contributed by atoms with E-state index in [0.29, 0.717) is 0 Å². The van der Waals surface area contributed by atoms with E-state index in [-0.39, 0.29) is 0 Å². The molecule has 0 bridgehead atoms. The lowest BCUT2D eigenvalue weighted by Gasteiger charge is -1.98. The van der Waals surface area contributed by atoms with Crippen LogP contribution < -0.4 is 0 Å². The average molecular weight is 260 g/mol. The second kappa shape index (κ2) is 16.6. The number of hydrogen-bond acceptors (Lipinski definition) is 1. The van der Waals surface area contributed by atoms with Gasteiger partial charge in [-0.3, -0.25) is 4.79 Å². The molecule has 0 amide bonds. The van der Waals surface area contributed by atoms with Gasteiger partial charge in [0.15, 0.2) is 0 Å². The van der Waals surface area contributed by atoms with E-state index in [0.717, 1.165) is 6.29 Å². The van der Waals surface area contributed by atoms with Crippen LogP contribution in [0.1, 0.15) is 58.3 Å². The molecule has 0 fully saturated rings. The maximum atomic E-state index is 9.99. The first kappa shape index (κ1) is 17.6. The summed E-state index contributed by atoms with van der Waals surface area (Å²) in [7, 11) is 0. The predicted octanol–water partition coefficient (Wildman–Crippen LogP) is 5.55. The smallest absolute Gasteiger partial charge is 0.142 e. The molecule has 0 radical (unpaired) electrons. The fourth-order valence-corrected chi connectivity index (χ4v) is 1.76. The van der Waals surface area contributed by atoms with Gasteiger partial charge in [0.1, 0.15) is 6.29 Å².